The summed E-state index contributed by atoms with van der Waals surface area (Å²) in [6.07, 6.45) is 10.8. The maximum absolute atomic E-state index is 12.2. The molecule has 9 unspecified atom stereocenters. The number of ketones is 1. The fourth-order valence-electron chi connectivity index (χ4n) is 9.01. The molecule has 1 saturated heterocycles. The summed E-state index contributed by atoms with van der Waals surface area (Å²) < 4.78 is 6.02. The van der Waals surface area contributed by atoms with E-state index in [1.165, 1.54) is 5.57 Å². The molecule has 4 aliphatic carbocycles. The third-order valence-corrected chi connectivity index (χ3v) is 11.0. The van der Waals surface area contributed by atoms with Crippen LogP contribution in [0.4, 0.5) is 0 Å². The second kappa shape index (κ2) is 7.40. The van der Waals surface area contributed by atoms with Gasteiger partial charge in [0.25, 0.3) is 0 Å². The van der Waals surface area contributed by atoms with Gasteiger partial charge < -0.3 is 14.9 Å². The zero-order valence-corrected chi connectivity index (χ0v) is 19.9. The summed E-state index contributed by atoms with van der Waals surface area (Å²) in [6.45, 7) is 9.02. The van der Waals surface area contributed by atoms with Crippen LogP contribution in [-0.2, 0) is 9.53 Å². The van der Waals surface area contributed by atoms with Gasteiger partial charge in [-0.1, -0.05) is 33.3 Å². The summed E-state index contributed by atoms with van der Waals surface area (Å²) in [6, 6.07) is 0. The molecule has 0 aromatic rings. The molecule has 1 aliphatic heterocycles. The van der Waals surface area contributed by atoms with Gasteiger partial charge in [0.05, 0.1) is 11.7 Å². The normalized spacial score (nSPS) is 52.4. The number of ether oxygens (including phenoxy) is 1. The first-order valence-corrected chi connectivity index (χ1v) is 12.9. The average Bonchev–Trinajstić information content (AvgIpc) is 3.00. The lowest BCUT2D eigenvalue weighted by atomic mass is 9.45. The number of fused-ring (bicyclic) bond motifs is 5. The van der Waals surface area contributed by atoms with Crippen LogP contribution in [0, 0.1) is 40.4 Å². The summed E-state index contributed by atoms with van der Waals surface area (Å²) in [7, 11) is 0. The fraction of sp³-hybridized carbons (Fsp3) is 0.889. The van der Waals surface area contributed by atoms with E-state index in [1.54, 1.807) is 0 Å². The van der Waals surface area contributed by atoms with E-state index >= 15 is 0 Å². The molecule has 9 atom stereocenters. The second-order valence-corrected chi connectivity index (χ2v) is 12.4. The van der Waals surface area contributed by atoms with Gasteiger partial charge in [0, 0.05) is 12.3 Å². The minimum absolute atomic E-state index is 0.0908. The van der Waals surface area contributed by atoms with E-state index in [0.29, 0.717) is 35.9 Å². The summed E-state index contributed by atoms with van der Waals surface area (Å²) in [5, 5.41) is 23.1. The van der Waals surface area contributed by atoms with Crippen LogP contribution >= 0.6 is 0 Å². The number of aliphatic hydroxyl groups is 2. The Morgan fingerprint density at radius 1 is 0.968 bits per heavy atom. The number of carbonyl (C=O) groups excluding carboxylic acids is 1. The van der Waals surface area contributed by atoms with E-state index in [4.69, 9.17) is 4.74 Å². The number of aliphatic hydroxyl groups excluding tert-OH is 1. The van der Waals surface area contributed by atoms with Gasteiger partial charge in [-0.15, -0.1) is 0 Å². The lowest BCUT2D eigenvalue weighted by Crippen LogP contribution is -2.60. The van der Waals surface area contributed by atoms with Crippen molar-refractivity contribution in [2.75, 3.05) is 0 Å². The van der Waals surface area contributed by atoms with E-state index < -0.39 is 11.9 Å². The van der Waals surface area contributed by atoms with Crippen LogP contribution in [0.1, 0.15) is 91.9 Å². The summed E-state index contributed by atoms with van der Waals surface area (Å²) in [5.74, 6) is 2.26. The maximum atomic E-state index is 12.2. The van der Waals surface area contributed by atoms with Gasteiger partial charge in [0.1, 0.15) is 0 Å². The molecular formula is C27H42O4. The van der Waals surface area contributed by atoms with Crippen molar-refractivity contribution >= 4 is 5.78 Å². The van der Waals surface area contributed by atoms with Gasteiger partial charge in [-0.2, -0.15) is 0 Å². The monoisotopic (exact) mass is 430 g/mol. The highest BCUT2D eigenvalue weighted by Crippen LogP contribution is 2.69. The van der Waals surface area contributed by atoms with Gasteiger partial charge in [-0.3, -0.25) is 4.79 Å². The zero-order chi connectivity index (χ0) is 22.2. The van der Waals surface area contributed by atoms with E-state index in [9.17, 15) is 15.0 Å². The van der Waals surface area contributed by atoms with Crippen molar-refractivity contribution < 1.29 is 19.7 Å². The molecule has 5 rings (SSSR count). The SMILES string of the molecule is CC(C)C1CCC(C2(O)CCC3C4CCC5=CC(=O)CCC5(C)C4CCC32C)C(O)O1. The highest BCUT2D eigenvalue weighted by molar-refractivity contribution is 5.91. The molecule has 0 amide bonds. The molecule has 0 radical (unpaired) electrons. The minimum Gasteiger partial charge on any atom is -0.389 e. The smallest absolute Gasteiger partial charge is 0.160 e. The highest BCUT2D eigenvalue weighted by atomic mass is 16.6. The molecule has 1 heterocycles. The Morgan fingerprint density at radius 2 is 1.71 bits per heavy atom. The van der Waals surface area contributed by atoms with Gasteiger partial charge in [-0.25, -0.2) is 0 Å². The van der Waals surface area contributed by atoms with Crippen LogP contribution in [0.3, 0.4) is 0 Å². The third-order valence-electron chi connectivity index (χ3n) is 11.0. The van der Waals surface area contributed by atoms with E-state index in [2.05, 4.69) is 27.7 Å². The third kappa shape index (κ3) is 3.07. The first-order chi connectivity index (χ1) is 14.6. The first kappa shape index (κ1) is 22.1. The van der Waals surface area contributed by atoms with Crippen molar-refractivity contribution in [3.63, 3.8) is 0 Å². The molecule has 31 heavy (non-hydrogen) atoms. The van der Waals surface area contributed by atoms with Gasteiger partial charge >= 0.3 is 0 Å². The predicted octanol–water partition coefficient (Wildman–Crippen LogP) is 5.02. The van der Waals surface area contributed by atoms with Crippen molar-refractivity contribution in [1.29, 1.82) is 0 Å². The number of allylic oxidation sites excluding steroid dienone is 1. The quantitative estimate of drug-likeness (QED) is 0.646. The standard InChI is InChI=1S/C27H42O4/c1-16(2)23-8-7-22(24(29)31-23)27(30)14-11-21-19-6-5-17-15-18(28)9-12-25(17,3)20(19)10-13-26(21,27)4/h15-16,19-24,29-30H,5-14H2,1-4H3. The van der Waals surface area contributed by atoms with Crippen molar-refractivity contribution in [3.05, 3.63) is 11.6 Å². The van der Waals surface area contributed by atoms with Gasteiger partial charge in [-0.05, 0) is 98.4 Å². The zero-order valence-electron chi connectivity index (χ0n) is 19.9. The first-order valence-electron chi connectivity index (χ1n) is 12.9. The highest BCUT2D eigenvalue weighted by Gasteiger charge is 2.67. The number of rotatable bonds is 2. The molecule has 4 heteroatoms. The molecule has 4 fully saturated rings. The lowest BCUT2D eigenvalue weighted by molar-refractivity contribution is -0.265. The van der Waals surface area contributed by atoms with Crippen molar-refractivity contribution in [3.8, 4) is 0 Å². The molecule has 0 aromatic carbocycles. The van der Waals surface area contributed by atoms with Crippen molar-refractivity contribution in [2.24, 2.45) is 40.4 Å². The Morgan fingerprint density at radius 3 is 2.42 bits per heavy atom. The molecule has 0 aromatic heterocycles. The molecule has 0 spiro atoms. The van der Waals surface area contributed by atoms with Crippen LogP contribution in [-0.4, -0.2) is 34.0 Å². The Hall–Kier alpha value is -0.710. The molecule has 3 saturated carbocycles. The Balaban J connectivity index is 1.40. The van der Waals surface area contributed by atoms with Crippen LogP contribution in [0.5, 0.6) is 0 Å². The van der Waals surface area contributed by atoms with Crippen LogP contribution in [0.2, 0.25) is 0 Å². The predicted molar refractivity (Wildman–Crippen MR) is 120 cm³/mol. The Bertz CT molecular complexity index is 773. The Kier molecular flexibility index (Phi) is 5.27. The second-order valence-electron chi connectivity index (χ2n) is 12.4. The fourth-order valence-corrected chi connectivity index (χ4v) is 9.01. The molecule has 5 aliphatic rings. The largest absolute Gasteiger partial charge is 0.389 e. The molecular weight excluding hydrogens is 388 g/mol. The average molecular weight is 431 g/mol. The van der Waals surface area contributed by atoms with E-state index in [0.717, 1.165) is 57.8 Å². The van der Waals surface area contributed by atoms with Crippen molar-refractivity contribution in [2.45, 2.75) is 110 Å². The maximum Gasteiger partial charge on any atom is 0.160 e. The molecule has 174 valence electrons. The van der Waals surface area contributed by atoms with E-state index in [1.807, 2.05) is 6.08 Å². The Labute approximate surface area is 187 Å². The summed E-state index contributed by atoms with van der Waals surface area (Å²) in [5.41, 5.74) is 0.564. The minimum atomic E-state index is -0.859. The summed E-state index contributed by atoms with van der Waals surface area (Å²) >= 11 is 0. The lowest BCUT2D eigenvalue weighted by Gasteiger charge is -2.60. The van der Waals surface area contributed by atoms with Crippen molar-refractivity contribution in [1.82, 2.24) is 0 Å². The number of carbonyl (C=O) groups is 1. The van der Waals surface area contributed by atoms with Gasteiger partial charge in [0.15, 0.2) is 12.1 Å². The van der Waals surface area contributed by atoms with Crippen LogP contribution in [0.15, 0.2) is 11.6 Å². The molecule has 4 nitrogen and oxygen atoms in total. The molecule has 0 bridgehead atoms. The topological polar surface area (TPSA) is 66.8 Å². The van der Waals surface area contributed by atoms with Gasteiger partial charge in [0.2, 0.25) is 0 Å². The van der Waals surface area contributed by atoms with Crippen LogP contribution in [0.25, 0.3) is 0 Å². The summed E-state index contributed by atoms with van der Waals surface area (Å²) in [4.78, 5) is 12.1. The molecule has 2 N–H and O–H groups in total. The van der Waals surface area contributed by atoms with Crippen LogP contribution < -0.4 is 0 Å². The number of hydrogen-bond acceptors (Lipinski definition) is 4. The van der Waals surface area contributed by atoms with E-state index in [-0.39, 0.29) is 22.9 Å². The number of hydrogen-bond donors (Lipinski definition) is 2.